The lowest BCUT2D eigenvalue weighted by Crippen LogP contribution is -2.48. The van der Waals surface area contributed by atoms with Crippen LogP contribution in [0.1, 0.15) is 30.9 Å². The summed E-state index contributed by atoms with van der Waals surface area (Å²) in [5.41, 5.74) is 0. The van der Waals surface area contributed by atoms with Crippen molar-refractivity contribution in [3.05, 3.63) is 11.6 Å². The Balaban J connectivity index is 1.67. The van der Waals surface area contributed by atoms with Gasteiger partial charge in [-0.05, 0) is 25.7 Å². The van der Waals surface area contributed by atoms with Gasteiger partial charge in [0.2, 0.25) is 5.91 Å². The van der Waals surface area contributed by atoms with Crippen molar-refractivity contribution in [3.63, 3.8) is 0 Å². The van der Waals surface area contributed by atoms with Gasteiger partial charge in [-0.3, -0.25) is 9.89 Å². The van der Waals surface area contributed by atoms with Gasteiger partial charge in [0.25, 0.3) is 10.2 Å². The molecule has 0 radical (unpaired) electrons. The molecule has 1 N–H and O–H groups in total. The highest BCUT2D eigenvalue weighted by Gasteiger charge is 2.41. The molecule has 4 rings (SSSR count). The monoisotopic (exact) mass is 370 g/mol. The highest BCUT2D eigenvalue weighted by Crippen LogP contribution is 2.30. The van der Waals surface area contributed by atoms with Crippen molar-refractivity contribution in [2.75, 3.05) is 33.7 Å². The van der Waals surface area contributed by atoms with Crippen molar-refractivity contribution in [2.45, 2.75) is 38.6 Å². The molecule has 2 atom stereocenters. The fourth-order valence-electron chi connectivity index (χ4n) is 3.63. The molecule has 0 spiro atoms. The Morgan fingerprint density at radius 3 is 2.68 bits per heavy atom. The minimum Gasteiger partial charge on any atom is -0.338 e. The van der Waals surface area contributed by atoms with Crippen molar-refractivity contribution < 1.29 is 13.2 Å². The first-order valence-corrected chi connectivity index (χ1v) is 10.0. The molecule has 2 bridgehead atoms. The molecule has 25 heavy (non-hydrogen) atoms. The van der Waals surface area contributed by atoms with E-state index >= 15 is 0 Å². The van der Waals surface area contributed by atoms with Gasteiger partial charge in [0.05, 0.1) is 0 Å². The Hall–Kier alpha value is -1.52. The van der Waals surface area contributed by atoms with Crippen LogP contribution in [-0.2, 0) is 21.4 Å². The zero-order valence-corrected chi connectivity index (χ0v) is 15.8. The van der Waals surface area contributed by atoms with Crippen molar-refractivity contribution in [1.82, 2.24) is 28.7 Å². The number of fused-ring (bicyclic) bond motifs is 4. The molecular formula is C15H26N6O3S. The summed E-state index contributed by atoms with van der Waals surface area (Å²) in [5.74, 6) is 1.63. The predicted octanol–water partition coefficient (Wildman–Crippen LogP) is -0.225. The number of hydrogen-bond acceptors (Lipinski definition) is 5. The molecule has 1 aromatic heterocycles. The molecular weight excluding hydrogens is 344 g/mol. The summed E-state index contributed by atoms with van der Waals surface area (Å²) in [6.45, 7) is 3.32. The summed E-state index contributed by atoms with van der Waals surface area (Å²) >= 11 is 0. The first kappa shape index (κ1) is 18.3. The number of H-pyrrole nitrogens is 1. The fraction of sp³-hybridized carbons (Fsp3) is 0.800. The second kappa shape index (κ2) is 7.00. The maximum atomic E-state index is 12.7. The Kier molecular flexibility index (Phi) is 5.12. The lowest BCUT2D eigenvalue weighted by Gasteiger charge is -2.36. The van der Waals surface area contributed by atoms with Crippen molar-refractivity contribution >= 4 is 16.1 Å². The number of amides is 1. The van der Waals surface area contributed by atoms with Crippen LogP contribution in [0.4, 0.5) is 0 Å². The average molecular weight is 370 g/mol. The normalized spacial score (nSPS) is 24.7. The van der Waals surface area contributed by atoms with E-state index < -0.39 is 10.2 Å². The van der Waals surface area contributed by atoms with Gasteiger partial charge in [0.1, 0.15) is 5.82 Å². The molecule has 3 saturated heterocycles. The summed E-state index contributed by atoms with van der Waals surface area (Å²) in [7, 11) is -0.355. The SMILES string of the molecule is Cc1nc(CCC(=O)N2C[C@@H]3CC[C@H]2CN(S(=O)(=O)N(C)C)C3)n[nH]1. The van der Waals surface area contributed by atoms with Crippen LogP contribution >= 0.6 is 0 Å². The summed E-state index contributed by atoms with van der Waals surface area (Å²) in [5, 5.41) is 6.84. The molecule has 10 heteroatoms. The number of piperidine rings is 1. The highest BCUT2D eigenvalue weighted by atomic mass is 32.2. The van der Waals surface area contributed by atoms with Gasteiger partial charge in [-0.2, -0.15) is 22.1 Å². The predicted molar refractivity (Wildman–Crippen MR) is 91.8 cm³/mol. The number of carbonyl (C=O) groups excluding carboxylic acids is 1. The van der Waals surface area contributed by atoms with Gasteiger partial charge in [-0.15, -0.1) is 0 Å². The van der Waals surface area contributed by atoms with Crippen LogP contribution < -0.4 is 0 Å². The third-order valence-corrected chi connectivity index (χ3v) is 6.87. The van der Waals surface area contributed by atoms with Crippen molar-refractivity contribution in [3.8, 4) is 0 Å². The molecule has 3 aliphatic rings. The molecule has 4 heterocycles. The lowest BCUT2D eigenvalue weighted by molar-refractivity contribution is -0.135. The van der Waals surface area contributed by atoms with E-state index in [2.05, 4.69) is 15.2 Å². The van der Waals surface area contributed by atoms with Gasteiger partial charge in [-0.25, -0.2) is 4.98 Å². The largest absolute Gasteiger partial charge is 0.338 e. The highest BCUT2D eigenvalue weighted by molar-refractivity contribution is 7.86. The third-order valence-electron chi connectivity index (χ3n) is 4.99. The van der Waals surface area contributed by atoms with Crippen molar-refractivity contribution in [1.29, 1.82) is 0 Å². The van der Waals surface area contributed by atoms with E-state index in [0.29, 0.717) is 38.3 Å². The number of nitrogens with zero attached hydrogens (tertiary/aromatic N) is 5. The number of aromatic amines is 1. The number of rotatable bonds is 5. The van der Waals surface area contributed by atoms with E-state index in [1.165, 1.54) is 8.61 Å². The van der Waals surface area contributed by atoms with Gasteiger partial charge < -0.3 is 4.90 Å². The number of nitrogens with one attached hydrogen (secondary N) is 1. The fourth-order valence-corrected chi connectivity index (χ4v) is 4.85. The van der Waals surface area contributed by atoms with Crippen LogP contribution in [-0.4, -0.2) is 82.8 Å². The van der Waals surface area contributed by atoms with Crippen LogP contribution in [0.3, 0.4) is 0 Å². The Labute approximate surface area is 148 Å². The molecule has 0 aliphatic carbocycles. The first-order valence-electron chi connectivity index (χ1n) is 8.62. The number of aromatic nitrogens is 3. The standard InChI is InChI=1S/C15H26N6O3S/c1-11-16-14(18-17-11)6-7-15(22)21-9-12-4-5-13(21)10-20(8-12)25(23,24)19(2)3/h12-13H,4-10H2,1-3H3,(H,16,17,18)/t12-,13+/m1/s1. The summed E-state index contributed by atoms with van der Waals surface area (Å²) < 4.78 is 27.7. The van der Waals surface area contributed by atoms with E-state index in [4.69, 9.17) is 0 Å². The second-order valence-electron chi connectivity index (χ2n) is 7.09. The molecule has 1 aromatic rings. The van der Waals surface area contributed by atoms with E-state index in [-0.39, 0.29) is 17.9 Å². The van der Waals surface area contributed by atoms with Crippen LogP contribution in [0.15, 0.2) is 0 Å². The Morgan fingerprint density at radius 1 is 1.28 bits per heavy atom. The smallest absolute Gasteiger partial charge is 0.281 e. The first-order chi connectivity index (χ1) is 11.8. The molecule has 1 amide bonds. The molecule has 3 fully saturated rings. The van der Waals surface area contributed by atoms with Crippen molar-refractivity contribution in [2.24, 2.45) is 5.92 Å². The molecule has 140 valence electrons. The Bertz CT molecular complexity index is 731. The maximum absolute atomic E-state index is 12.7. The number of carbonyl (C=O) groups is 1. The van der Waals surface area contributed by atoms with Gasteiger partial charge in [-0.1, -0.05) is 0 Å². The second-order valence-corrected chi connectivity index (χ2v) is 9.23. The van der Waals surface area contributed by atoms with Gasteiger partial charge in [0, 0.05) is 52.6 Å². The van der Waals surface area contributed by atoms with E-state index in [0.717, 1.165) is 18.7 Å². The Morgan fingerprint density at radius 2 is 2.04 bits per heavy atom. The minimum absolute atomic E-state index is 0.0464. The molecule has 0 aromatic carbocycles. The average Bonchev–Trinajstić information content (AvgIpc) is 2.78. The number of aryl methyl sites for hydroxylation is 2. The summed E-state index contributed by atoms with van der Waals surface area (Å²) in [4.78, 5) is 18.8. The van der Waals surface area contributed by atoms with Crippen LogP contribution in [0.25, 0.3) is 0 Å². The van der Waals surface area contributed by atoms with Gasteiger partial charge >= 0.3 is 0 Å². The lowest BCUT2D eigenvalue weighted by atomic mass is 9.94. The molecule has 0 saturated carbocycles. The molecule has 9 nitrogen and oxygen atoms in total. The quantitative estimate of drug-likeness (QED) is 0.772. The zero-order chi connectivity index (χ0) is 18.2. The summed E-state index contributed by atoms with van der Waals surface area (Å²) in [6, 6.07) is -0.0464. The van der Waals surface area contributed by atoms with E-state index in [1.54, 1.807) is 14.1 Å². The topological polar surface area (TPSA) is 102 Å². The number of hydrogen-bond donors (Lipinski definition) is 1. The summed E-state index contributed by atoms with van der Waals surface area (Å²) in [6.07, 6.45) is 2.67. The van der Waals surface area contributed by atoms with E-state index in [9.17, 15) is 13.2 Å². The van der Waals surface area contributed by atoms with Gasteiger partial charge in [0.15, 0.2) is 5.82 Å². The third kappa shape index (κ3) is 3.85. The minimum atomic E-state index is -3.45. The zero-order valence-electron chi connectivity index (χ0n) is 15.0. The van der Waals surface area contributed by atoms with Crippen LogP contribution in [0.2, 0.25) is 0 Å². The maximum Gasteiger partial charge on any atom is 0.281 e. The molecule has 3 aliphatic heterocycles. The van der Waals surface area contributed by atoms with Crippen LogP contribution in [0.5, 0.6) is 0 Å². The van der Waals surface area contributed by atoms with Crippen LogP contribution in [0, 0.1) is 12.8 Å². The molecule has 0 unspecified atom stereocenters. The van der Waals surface area contributed by atoms with E-state index in [1.807, 2.05) is 11.8 Å².